The van der Waals surface area contributed by atoms with Crippen molar-refractivity contribution in [2.75, 3.05) is 0 Å². The van der Waals surface area contributed by atoms with Crippen LogP contribution in [-0.4, -0.2) is 5.24 Å². The van der Waals surface area contributed by atoms with E-state index in [-0.39, 0.29) is 11.7 Å². The average Bonchev–Trinajstić information content (AvgIpc) is 2.47. The molecule has 1 heterocycles. The quantitative estimate of drug-likeness (QED) is 0.710. The van der Waals surface area contributed by atoms with Crippen LogP contribution in [0.15, 0.2) is 28.9 Å². The van der Waals surface area contributed by atoms with E-state index in [0.29, 0.717) is 0 Å². The maximum Gasteiger partial charge on any atom is 0.226 e. The summed E-state index contributed by atoms with van der Waals surface area (Å²) in [7, 11) is 0. The van der Waals surface area contributed by atoms with Gasteiger partial charge >= 0.3 is 0 Å². The van der Waals surface area contributed by atoms with Crippen LogP contribution >= 0.6 is 11.6 Å². The number of furan rings is 1. The number of hydrogen-bond donors (Lipinski definition) is 0. The first-order valence-corrected chi connectivity index (χ1v) is 4.69. The van der Waals surface area contributed by atoms with E-state index < -0.39 is 0 Å². The first kappa shape index (κ1) is 9.28. The molecule has 0 atom stereocenters. The molecular formula is C11H9ClO2. The topological polar surface area (TPSA) is 30.2 Å². The van der Waals surface area contributed by atoms with Crippen LogP contribution in [0.2, 0.25) is 0 Å². The van der Waals surface area contributed by atoms with E-state index in [1.807, 2.05) is 25.1 Å². The van der Waals surface area contributed by atoms with Gasteiger partial charge in [-0.2, -0.15) is 0 Å². The third-order valence-corrected chi connectivity index (χ3v) is 2.27. The van der Waals surface area contributed by atoms with Gasteiger partial charge in [-0.15, -0.1) is 0 Å². The Kier molecular flexibility index (Phi) is 2.30. The Morgan fingerprint density at radius 2 is 2.29 bits per heavy atom. The van der Waals surface area contributed by atoms with E-state index in [9.17, 15) is 4.79 Å². The molecule has 1 aromatic heterocycles. The normalized spacial score (nSPS) is 10.7. The number of fused-ring (bicyclic) bond motifs is 1. The number of carbonyl (C=O) groups excluding carboxylic acids is 1. The zero-order chi connectivity index (χ0) is 10.1. The Bertz CT molecular complexity index is 485. The fourth-order valence-electron chi connectivity index (χ4n) is 1.48. The van der Waals surface area contributed by atoms with Gasteiger partial charge in [0.15, 0.2) is 0 Å². The number of benzene rings is 1. The van der Waals surface area contributed by atoms with Gasteiger partial charge in [-0.3, -0.25) is 4.79 Å². The molecule has 0 spiro atoms. The SMILES string of the molecule is Cc1ccc2c(CC(=O)Cl)coc2c1. The molecule has 2 nitrogen and oxygen atoms in total. The predicted molar refractivity (Wildman–Crippen MR) is 55.5 cm³/mol. The van der Waals surface area contributed by atoms with Gasteiger partial charge < -0.3 is 4.42 Å². The van der Waals surface area contributed by atoms with Crippen molar-refractivity contribution in [3.8, 4) is 0 Å². The maximum absolute atomic E-state index is 10.7. The lowest BCUT2D eigenvalue weighted by Gasteiger charge is -1.93. The minimum atomic E-state index is -0.367. The molecule has 0 aliphatic carbocycles. The van der Waals surface area contributed by atoms with Gasteiger partial charge in [0.05, 0.1) is 12.7 Å². The first-order valence-electron chi connectivity index (χ1n) is 4.32. The number of halogens is 1. The van der Waals surface area contributed by atoms with Crippen LogP contribution in [0.3, 0.4) is 0 Å². The van der Waals surface area contributed by atoms with Crippen LogP contribution in [0.5, 0.6) is 0 Å². The lowest BCUT2D eigenvalue weighted by Crippen LogP contribution is -1.91. The van der Waals surface area contributed by atoms with E-state index in [2.05, 4.69) is 0 Å². The Balaban J connectivity index is 2.52. The molecule has 3 heteroatoms. The summed E-state index contributed by atoms with van der Waals surface area (Å²) in [5.41, 5.74) is 2.79. The molecule has 0 amide bonds. The molecule has 72 valence electrons. The van der Waals surface area contributed by atoms with E-state index in [1.165, 1.54) is 0 Å². The predicted octanol–water partition coefficient (Wildman–Crippen LogP) is 3.05. The summed E-state index contributed by atoms with van der Waals surface area (Å²) in [4.78, 5) is 10.7. The van der Waals surface area contributed by atoms with Crippen molar-refractivity contribution < 1.29 is 9.21 Å². The average molecular weight is 209 g/mol. The molecule has 0 saturated carbocycles. The van der Waals surface area contributed by atoms with E-state index in [1.54, 1.807) is 6.26 Å². The van der Waals surface area contributed by atoms with Gasteiger partial charge in [0.2, 0.25) is 5.24 Å². The molecule has 0 radical (unpaired) electrons. The second-order valence-electron chi connectivity index (χ2n) is 3.29. The van der Waals surface area contributed by atoms with Gasteiger partial charge in [-0.05, 0) is 30.2 Å². The van der Waals surface area contributed by atoms with E-state index >= 15 is 0 Å². The monoisotopic (exact) mass is 208 g/mol. The van der Waals surface area contributed by atoms with Crippen molar-refractivity contribution >= 4 is 27.8 Å². The molecule has 0 aliphatic rings. The zero-order valence-corrected chi connectivity index (χ0v) is 8.47. The third kappa shape index (κ3) is 1.66. The van der Waals surface area contributed by atoms with Crippen molar-refractivity contribution in [3.05, 3.63) is 35.6 Å². The van der Waals surface area contributed by atoms with Gasteiger partial charge in [-0.25, -0.2) is 0 Å². The number of hydrogen-bond acceptors (Lipinski definition) is 2. The molecule has 0 fully saturated rings. The smallest absolute Gasteiger partial charge is 0.226 e. The Morgan fingerprint density at radius 1 is 1.50 bits per heavy atom. The minimum Gasteiger partial charge on any atom is -0.464 e. The summed E-state index contributed by atoms with van der Waals surface area (Å²) < 4.78 is 5.32. The fraction of sp³-hybridized carbons (Fsp3) is 0.182. The number of rotatable bonds is 2. The Morgan fingerprint density at radius 3 is 3.00 bits per heavy atom. The van der Waals surface area contributed by atoms with Crippen molar-refractivity contribution in [2.45, 2.75) is 13.3 Å². The van der Waals surface area contributed by atoms with Gasteiger partial charge in [-0.1, -0.05) is 12.1 Å². The van der Waals surface area contributed by atoms with Crippen LogP contribution < -0.4 is 0 Å². The molecule has 0 bridgehead atoms. The van der Waals surface area contributed by atoms with Crippen LogP contribution in [0.1, 0.15) is 11.1 Å². The van der Waals surface area contributed by atoms with Gasteiger partial charge in [0, 0.05) is 10.9 Å². The molecule has 0 saturated heterocycles. The highest BCUT2D eigenvalue weighted by molar-refractivity contribution is 6.63. The summed E-state index contributed by atoms with van der Waals surface area (Å²) in [6.07, 6.45) is 1.81. The largest absolute Gasteiger partial charge is 0.464 e. The summed E-state index contributed by atoms with van der Waals surface area (Å²) in [5, 5.41) is 0.595. The van der Waals surface area contributed by atoms with Crippen LogP contribution in [0.4, 0.5) is 0 Å². The van der Waals surface area contributed by atoms with Crippen molar-refractivity contribution in [2.24, 2.45) is 0 Å². The van der Waals surface area contributed by atoms with Crippen molar-refractivity contribution in [1.82, 2.24) is 0 Å². The minimum absolute atomic E-state index is 0.220. The van der Waals surface area contributed by atoms with Crippen LogP contribution in [0, 0.1) is 6.92 Å². The lowest BCUT2D eigenvalue weighted by molar-refractivity contribution is -0.111. The molecule has 0 unspecified atom stereocenters. The summed E-state index contributed by atoms with van der Waals surface area (Å²) >= 11 is 5.32. The van der Waals surface area contributed by atoms with Crippen LogP contribution in [0.25, 0.3) is 11.0 Å². The van der Waals surface area contributed by atoms with Crippen LogP contribution in [-0.2, 0) is 11.2 Å². The van der Waals surface area contributed by atoms with E-state index in [0.717, 1.165) is 22.1 Å². The van der Waals surface area contributed by atoms with Gasteiger partial charge in [0.25, 0.3) is 0 Å². The van der Waals surface area contributed by atoms with Gasteiger partial charge in [0.1, 0.15) is 5.58 Å². The highest BCUT2D eigenvalue weighted by Crippen LogP contribution is 2.22. The molecule has 0 aliphatic heterocycles. The molecule has 1 aromatic carbocycles. The zero-order valence-electron chi connectivity index (χ0n) is 7.71. The Hall–Kier alpha value is -1.28. The molecule has 2 aromatic rings. The standard InChI is InChI=1S/C11H9ClO2/c1-7-2-3-9-8(5-11(12)13)6-14-10(9)4-7/h2-4,6H,5H2,1H3. The maximum atomic E-state index is 10.7. The Labute approximate surface area is 86.5 Å². The molecule has 14 heavy (non-hydrogen) atoms. The number of aryl methyl sites for hydroxylation is 1. The number of carbonyl (C=O) groups is 1. The summed E-state index contributed by atoms with van der Waals surface area (Å²) in [5.74, 6) is 0. The summed E-state index contributed by atoms with van der Waals surface area (Å²) in [6.45, 7) is 1.99. The lowest BCUT2D eigenvalue weighted by atomic mass is 10.1. The van der Waals surface area contributed by atoms with Crippen molar-refractivity contribution in [1.29, 1.82) is 0 Å². The second kappa shape index (κ2) is 3.46. The second-order valence-corrected chi connectivity index (χ2v) is 3.71. The van der Waals surface area contributed by atoms with Crippen molar-refractivity contribution in [3.63, 3.8) is 0 Å². The third-order valence-electron chi connectivity index (χ3n) is 2.14. The fourth-order valence-corrected chi connectivity index (χ4v) is 1.62. The van der Waals surface area contributed by atoms with E-state index in [4.69, 9.17) is 16.0 Å². The molecular weight excluding hydrogens is 200 g/mol. The first-order chi connectivity index (χ1) is 6.66. The molecule has 2 rings (SSSR count). The highest BCUT2D eigenvalue weighted by Gasteiger charge is 2.08. The highest BCUT2D eigenvalue weighted by atomic mass is 35.5. The summed E-state index contributed by atoms with van der Waals surface area (Å²) in [6, 6.07) is 5.88. The molecule has 0 N–H and O–H groups in total.